The van der Waals surface area contributed by atoms with Crippen LogP contribution in [-0.4, -0.2) is 32.2 Å². The number of nitrogens with zero attached hydrogens (tertiary/aromatic N) is 4. The largest absolute Gasteiger partial charge is 0.309 e. The smallest absolute Gasteiger partial charge is 0.230 e. The Morgan fingerprint density at radius 2 is 1.50 bits per heavy atom. The van der Waals surface area contributed by atoms with Crippen molar-refractivity contribution in [2.24, 2.45) is 0 Å². The van der Waals surface area contributed by atoms with E-state index in [2.05, 4.69) is 31.0 Å². The van der Waals surface area contributed by atoms with Gasteiger partial charge in [-0.1, -0.05) is 65.9 Å². The number of amides is 2. The predicted octanol–water partition coefficient (Wildman–Crippen LogP) is 4.56. The number of rotatable bonds is 11. The molecule has 2 aromatic heterocycles. The van der Waals surface area contributed by atoms with Crippen molar-refractivity contribution in [2.75, 3.05) is 10.6 Å². The van der Waals surface area contributed by atoms with Gasteiger partial charge in [-0.05, 0) is 55.0 Å². The molecule has 0 aliphatic carbocycles. The highest BCUT2D eigenvalue weighted by Gasteiger charge is 2.10. The highest BCUT2D eigenvalue weighted by atomic mass is 32.1. The maximum atomic E-state index is 12.3. The maximum absolute atomic E-state index is 12.3. The van der Waals surface area contributed by atoms with Crippen LogP contribution in [0.3, 0.4) is 0 Å². The van der Waals surface area contributed by atoms with E-state index in [1.807, 2.05) is 67.6 Å². The van der Waals surface area contributed by atoms with E-state index in [0.717, 1.165) is 53.1 Å². The molecule has 2 aromatic carbocycles. The molecule has 2 N–H and O–H groups in total. The van der Waals surface area contributed by atoms with Crippen molar-refractivity contribution in [3.05, 3.63) is 94.1 Å². The molecule has 2 amide bonds. The van der Waals surface area contributed by atoms with E-state index in [9.17, 15) is 9.59 Å². The topological polar surface area (TPSA) is 110 Å². The first kappa shape index (κ1) is 25.1. The molecule has 0 bridgehead atoms. The van der Waals surface area contributed by atoms with Gasteiger partial charge in [0, 0.05) is 6.42 Å². The zero-order valence-electron chi connectivity index (χ0n) is 20.1. The molecule has 9 heteroatoms. The second-order valence-corrected chi connectivity index (χ2v) is 9.54. The fraction of sp³-hybridized carbons (Fsp3) is 0.259. The summed E-state index contributed by atoms with van der Waals surface area (Å²) in [7, 11) is 0. The van der Waals surface area contributed by atoms with E-state index in [-0.39, 0.29) is 11.8 Å². The van der Waals surface area contributed by atoms with Gasteiger partial charge in [0.05, 0.1) is 18.5 Å². The van der Waals surface area contributed by atoms with E-state index in [1.54, 1.807) is 6.07 Å². The Kier molecular flexibility index (Phi) is 8.82. The van der Waals surface area contributed by atoms with Gasteiger partial charge in [0.2, 0.25) is 16.9 Å². The SMILES string of the molecule is Cc1ccccc1CC(=O)Nc1nnc(CCCCc2ccc(NC(=O)Cc3ccccc3)nn2)s1. The summed E-state index contributed by atoms with van der Waals surface area (Å²) in [6.07, 6.45) is 4.02. The van der Waals surface area contributed by atoms with Crippen molar-refractivity contribution in [2.45, 2.75) is 45.4 Å². The van der Waals surface area contributed by atoms with E-state index in [1.165, 1.54) is 11.3 Å². The Morgan fingerprint density at radius 3 is 2.28 bits per heavy atom. The number of hydrogen-bond acceptors (Lipinski definition) is 7. The Hall–Kier alpha value is -3.98. The number of aromatic nitrogens is 4. The normalized spacial score (nSPS) is 10.7. The molecule has 0 unspecified atom stereocenters. The van der Waals surface area contributed by atoms with Crippen molar-refractivity contribution in [3.63, 3.8) is 0 Å². The first-order valence-corrected chi connectivity index (χ1v) is 12.7. The Bertz CT molecular complexity index is 1290. The van der Waals surface area contributed by atoms with Crippen LogP contribution in [0, 0.1) is 6.92 Å². The lowest BCUT2D eigenvalue weighted by Gasteiger charge is -2.05. The number of benzene rings is 2. The standard InChI is InChI=1S/C27H28N6O2S/c1-19-9-5-6-12-21(19)18-25(35)29-27-33-32-26(36-27)14-8-7-13-22-15-16-23(31-30-22)28-24(34)17-20-10-3-2-4-11-20/h2-6,9-12,15-16H,7-8,13-14,17-18H2,1H3,(H,28,31,34)(H,29,33,35). The molecule has 184 valence electrons. The van der Waals surface area contributed by atoms with E-state index in [4.69, 9.17) is 0 Å². The summed E-state index contributed by atoms with van der Waals surface area (Å²) < 4.78 is 0. The molecule has 8 nitrogen and oxygen atoms in total. The average molecular weight is 501 g/mol. The number of hydrogen-bond donors (Lipinski definition) is 2. The fourth-order valence-electron chi connectivity index (χ4n) is 3.66. The van der Waals surface area contributed by atoms with Gasteiger partial charge in [0.15, 0.2) is 5.82 Å². The molecule has 0 atom stereocenters. The molecular weight excluding hydrogens is 472 g/mol. The molecule has 2 heterocycles. The predicted molar refractivity (Wildman–Crippen MR) is 141 cm³/mol. The molecule has 0 aliphatic rings. The number of anilines is 2. The summed E-state index contributed by atoms with van der Waals surface area (Å²) >= 11 is 1.41. The summed E-state index contributed by atoms with van der Waals surface area (Å²) in [5, 5.41) is 23.7. The molecule has 36 heavy (non-hydrogen) atoms. The van der Waals surface area contributed by atoms with Gasteiger partial charge < -0.3 is 10.6 Å². The maximum Gasteiger partial charge on any atom is 0.230 e. The molecule has 0 saturated heterocycles. The van der Waals surface area contributed by atoms with Crippen LogP contribution in [0.2, 0.25) is 0 Å². The van der Waals surface area contributed by atoms with Crippen LogP contribution in [0.5, 0.6) is 0 Å². The third kappa shape index (κ3) is 7.78. The van der Waals surface area contributed by atoms with Crippen molar-refractivity contribution >= 4 is 34.1 Å². The first-order chi connectivity index (χ1) is 17.5. The minimum absolute atomic E-state index is 0.0923. The highest BCUT2D eigenvalue weighted by Crippen LogP contribution is 2.18. The Balaban J connectivity index is 1.15. The van der Waals surface area contributed by atoms with Crippen LogP contribution in [0.25, 0.3) is 0 Å². The van der Waals surface area contributed by atoms with Crippen LogP contribution in [0.15, 0.2) is 66.7 Å². The van der Waals surface area contributed by atoms with Gasteiger partial charge in [-0.25, -0.2) is 0 Å². The molecular formula is C27H28N6O2S. The van der Waals surface area contributed by atoms with E-state index >= 15 is 0 Å². The van der Waals surface area contributed by atoms with E-state index in [0.29, 0.717) is 23.8 Å². The second kappa shape index (κ2) is 12.6. The van der Waals surface area contributed by atoms with Crippen LogP contribution in [-0.2, 0) is 35.3 Å². The van der Waals surface area contributed by atoms with Gasteiger partial charge >= 0.3 is 0 Å². The average Bonchev–Trinajstić information content (AvgIpc) is 3.32. The molecule has 4 aromatic rings. The van der Waals surface area contributed by atoms with Crippen molar-refractivity contribution in [1.82, 2.24) is 20.4 Å². The second-order valence-electron chi connectivity index (χ2n) is 8.48. The van der Waals surface area contributed by atoms with Crippen LogP contribution < -0.4 is 10.6 Å². The van der Waals surface area contributed by atoms with Crippen LogP contribution in [0.4, 0.5) is 10.9 Å². The van der Waals surface area contributed by atoms with Gasteiger partial charge in [-0.15, -0.1) is 15.3 Å². The molecule has 0 spiro atoms. The summed E-state index contributed by atoms with van der Waals surface area (Å²) in [6, 6.07) is 21.1. The molecule has 4 rings (SSSR count). The molecule has 0 fully saturated rings. The lowest BCUT2D eigenvalue weighted by atomic mass is 10.1. The van der Waals surface area contributed by atoms with Gasteiger partial charge in [-0.2, -0.15) is 5.10 Å². The number of aryl methyl sites for hydroxylation is 3. The van der Waals surface area contributed by atoms with Gasteiger partial charge in [0.1, 0.15) is 5.01 Å². The zero-order valence-corrected chi connectivity index (χ0v) is 20.9. The summed E-state index contributed by atoms with van der Waals surface area (Å²) in [5.41, 5.74) is 3.92. The highest BCUT2D eigenvalue weighted by molar-refractivity contribution is 7.15. The van der Waals surface area contributed by atoms with Gasteiger partial charge in [0.25, 0.3) is 0 Å². The number of carbonyl (C=O) groups is 2. The monoisotopic (exact) mass is 500 g/mol. The van der Waals surface area contributed by atoms with Crippen molar-refractivity contribution in [1.29, 1.82) is 0 Å². The lowest BCUT2D eigenvalue weighted by molar-refractivity contribution is -0.116. The minimum Gasteiger partial charge on any atom is -0.309 e. The third-order valence-corrected chi connectivity index (χ3v) is 6.49. The third-order valence-electron chi connectivity index (χ3n) is 5.59. The van der Waals surface area contributed by atoms with E-state index < -0.39 is 0 Å². The lowest BCUT2D eigenvalue weighted by Crippen LogP contribution is -2.15. The summed E-state index contributed by atoms with van der Waals surface area (Å²) in [4.78, 5) is 24.5. The molecule has 0 saturated carbocycles. The van der Waals surface area contributed by atoms with Crippen molar-refractivity contribution < 1.29 is 9.59 Å². The van der Waals surface area contributed by atoms with Crippen LogP contribution >= 0.6 is 11.3 Å². The number of unbranched alkanes of at least 4 members (excludes halogenated alkanes) is 1. The number of carbonyl (C=O) groups excluding carboxylic acids is 2. The fourth-order valence-corrected chi connectivity index (χ4v) is 4.46. The first-order valence-electron chi connectivity index (χ1n) is 11.9. The quantitative estimate of drug-likeness (QED) is 0.292. The Morgan fingerprint density at radius 1 is 0.750 bits per heavy atom. The molecule has 0 radical (unpaired) electrons. The minimum atomic E-state index is -0.119. The summed E-state index contributed by atoms with van der Waals surface area (Å²) in [5.74, 6) is 0.238. The Labute approximate surface area is 214 Å². The zero-order chi connectivity index (χ0) is 25.2. The molecule has 0 aliphatic heterocycles. The van der Waals surface area contributed by atoms with Crippen LogP contribution in [0.1, 0.15) is 40.2 Å². The number of nitrogens with one attached hydrogen (secondary N) is 2. The van der Waals surface area contributed by atoms with Gasteiger partial charge in [-0.3, -0.25) is 9.59 Å². The summed E-state index contributed by atoms with van der Waals surface area (Å²) in [6.45, 7) is 2.00. The van der Waals surface area contributed by atoms with Crippen molar-refractivity contribution in [3.8, 4) is 0 Å².